The number of aliphatic hydroxyl groups excluding tert-OH is 1. The van der Waals surface area contributed by atoms with Crippen molar-refractivity contribution >= 4 is 21.8 Å². The summed E-state index contributed by atoms with van der Waals surface area (Å²) in [6.45, 7) is -0.834. The minimum absolute atomic E-state index is 0.523. The van der Waals surface area contributed by atoms with Gasteiger partial charge in [0, 0.05) is 26.2 Å². The fraction of sp³-hybridized carbons (Fsp3) is 0.500. The van der Waals surface area contributed by atoms with Gasteiger partial charge in [0.05, 0.1) is 6.61 Å². The van der Waals surface area contributed by atoms with Crippen LogP contribution in [-0.2, 0) is 19.6 Å². The maximum Gasteiger partial charge on any atom is 0.254 e. The molecule has 2 amide bonds. The Kier molecular flexibility index (Phi) is 3.46. The number of sulfonamides is 1. The molecule has 1 aliphatic rings. The Labute approximate surface area is 93.0 Å². The molecule has 0 spiro atoms. The molecule has 1 N–H and O–H groups in total. The summed E-state index contributed by atoms with van der Waals surface area (Å²) in [5.41, 5.74) is 0. The number of hydrogen-bond donors (Lipinski definition) is 1. The molecule has 8 heteroatoms. The van der Waals surface area contributed by atoms with Gasteiger partial charge in [-0.1, -0.05) is 0 Å². The average molecular weight is 248 g/mol. The third kappa shape index (κ3) is 1.99. The molecular formula is C8H12N2O5S. The van der Waals surface area contributed by atoms with E-state index in [1.807, 2.05) is 0 Å². The molecule has 0 radical (unpaired) electrons. The molecule has 0 aromatic carbocycles. The lowest BCUT2D eigenvalue weighted by molar-refractivity contribution is -0.138. The Balaban J connectivity index is 3.10. The predicted octanol–water partition coefficient (Wildman–Crippen LogP) is -1.88. The highest BCUT2D eigenvalue weighted by Crippen LogP contribution is 2.15. The first kappa shape index (κ1) is 12.8. The molecule has 1 atom stereocenters. The highest BCUT2D eigenvalue weighted by Gasteiger charge is 2.40. The van der Waals surface area contributed by atoms with Crippen LogP contribution in [0.25, 0.3) is 0 Å². The highest BCUT2D eigenvalue weighted by molar-refractivity contribution is 7.89. The van der Waals surface area contributed by atoms with E-state index in [0.29, 0.717) is 4.90 Å². The fourth-order valence-electron chi connectivity index (χ4n) is 1.25. The molecule has 7 nitrogen and oxygen atoms in total. The van der Waals surface area contributed by atoms with E-state index in [0.717, 1.165) is 16.5 Å². The lowest BCUT2D eigenvalue weighted by Gasteiger charge is -2.26. The van der Waals surface area contributed by atoms with Crippen molar-refractivity contribution in [2.45, 2.75) is 5.37 Å². The number of amides is 2. The molecule has 1 rings (SSSR count). The average Bonchev–Trinajstić information content (AvgIpc) is 2.50. The third-order valence-corrected chi connectivity index (χ3v) is 4.21. The molecule has 16 heavy (non-hydrogen) atoms. The molecule has 0 saturated carbocycles. The molecule has 1 heterocycles. The van der Waals surface area contributed by atoms with Crippen LogP contribution < -0.4 is 0 Å². The monoisotopic (exact) mass is 248 g/mol. The quantitative estimate of drug-likeness (QED) is 0.588. The minimum Gasteiger partial charge on any atom is -0.393 e. The van der Waals surface area contributed by atoms with Crippen LogP contribution in [0.2, 0.25) is 0 Å². The molecule has 0 aromatic heterocycles. The Morgan fingerprint density at radius 1 is 1.31 bits per heavy atom. The lowest BCUT2D eigenvalue weighted by Crippen LogP contribution is -2.50. The van der Waals surface area contributed by atoms with E-state index < -0.39 is 33.8 Å². The number of aliphatic hydroxyl groups is 1. The second-order valence-corrected chi connectivity index (χ2v) is 5.65. The number of nitrogens with zero attached hydrogens (tertiary/aromatic N) is 2. The largest absolute Gasteiger partial charge is 0.393 e. The molecule has 1 aliphatic heterocycles. The first-order valence-corrected chi connectivity index (χ1v) is 5.90. The van der Waals surface area contributed by atoms with Gasteiger partial charge >= 0.3 is 0 Å². The summed E-state index contributed by atoms with van der Waals surface area (Å²) in [6, 6.07) is 0. The van der Waals surface area contributed by atoms with E-state index in [1.165, 1.54) is 14.1 Å². The molecule has 0 aromatic rings. The number of rotatable bonds is 4. The van der Waals surface area contributed by atoms with Gasteiger partial charge < -0.3 is 5.11 Å². The second-order valence-electron chi connectivity index (χ2n) is 3.34. The van der Waals surface area contributed by atoms with Crippen LogP contribution in [0.4, 0.5) is 0 Å². The minimum atomic E-state index is -3.91. The van der Waals surface area contributed by atoms with Crippen LogP contribution in [0, 0.1) is 0 Å². The van der Waals surface area contributed by atoms with Crippen molar-refractivity contribution in [3.63, 3.8) is 0 Å². The van der Waals surface area contributed by atoms with Crippen molar-refractivity contribution in [1.29, 1.82) is 0 Å². The molecule has 0 saturated heterocycles. The molecule has 0 bridgehead atoms. The Morgan fingerprint density at radius 3 is 2.06 bits per heavy atom. The van der Waals surface area contributed by atoms with Crippen LogP contribution in [-0.4, -0.2) is 60.6 Å². The first-order chi connectivity index (χ1) is 7.32. The van der Waals surface area contributed by atoms with E-state index >= 15 is 0 Å². The van der Waals surface area contributed by atoms with Crippen molar-refractivity contribution in [1.82, 2.24) is 9.21 Å². The highest BCUT2D eigenvalue weighted by atomic mass is 32.2. The van der Waals surface area contributed by atoms with Crippen molar-refractivity contribution < 1.29 is 23.1 Å². The van der Waals surface area contributed by atoms with Crippen LogP contribution in [0.3, 0.4) is 0 Å². The third-order valence-electron chi connectivity index (χ3n) is 2.14. The summed E-state index contributed by atoms with van der Waals surface area (Å²) < 4.78 is 24.3. The van der Waals surface area contributed by atoms with E-state index in [1.54, 1.807) is 0 Å². The van der Waals surface area contributed by atoms with Gasteiger partial charge in [-0.2, -0.15) is 0 Å². The maximum atomic E-state index is 11.7. The van der Waals surface area contributed by atoms with Gasteiger partial charge in [0.25, 0.3) is 11.8 Å². The van der Waals surface area contributed by atoms with Gasteiger partial charge in [0.15, 0.2) is 5.37 Å². The zero-order valence-corrected chi connectivity index (χ0v) is 9.64. The summed E-state index contributed by atoms with van der Waals surface area (Å²) in [5, 5.41) is 7.46. The molecular weight excluding hydrogens is 236 g/mol. The van der Waals surface area contributed by atoms with E-state index in [4.69, 9.17) is 5.11 Å². The molecule has 90 valence electrons. The van der Waals surface area contributed by atoms with Crippen molar-refractivity contribution in [3.05, 3.63) is 12.2 Å². The number of hydrogen-bond acceptors (Lipinski definition) is 5. The van der Waals surface area contributed by atoms with Gasteiger partial charge in [0.2, 0.25) is 10.0 Å². The van der Waals surface area contributed by atoms with Crippen LogP contribution in [0.1, 0.15) is 0 Å². The maximum absolute atomic E-state index is 11.7. The van der Waals surface area contributed by atoms with E-state index in [-0.39, 0.29) is 0 Å². The number of carbonyl (C=O) groups excluding carboxylic acids is 2. The predicted molar refractivity (Wildman–Crippen MR) is 54.5 cm³/mol. The Hall–Kier alpha value is -1.25. The summed E-state index contributed by atoms with van der Waals surface area (Å²) in [7, 11) is -1.39. The van der Waals surface area contributed by atoms with Gasteiger partial charge in [-0.15, -0.1) is 0 Å². The SMILES string of the molecule is CN(C)S(=O)(=O)C(CO)N1C(=O)C=CC1=O. The van der Waals surface area contributed by atoms with Crippen molar-refractivity contribution in [2.75, 3.05) is 20.7 Å². The van der Waals surface area contributed by atoms with Crippen LogP contribution in [0.5, 0.6) is 0 Å². The first-order valence-electron chi connectivity index (χ1n) is 4.39. The summed E-state index contributed by atoms with van der Waals surface area (Å²) >= 11 is 0. The number of imide groups is 1. The summed E-state index contributed by atoms with van der Waals surface area (Å²) in [5.74, 6) is -1.48. The van der Waals surface area contributed by atoms with Gasteiger partial charge in [-0.05, 0) is 0 Å². The fourth-order valence-corrected chi connectivity index (χ4v) is 2.40. The smallest absolute Gasteiger partial charge is 0.254 e. The van der Waals surface area contributed by atoms with Crippen molar-refractivity contribution in [2.24, 2.45) is 0 Å². The number of carbonyl (C=O) groups is 2. The van der Waals surface area contributed by atoms with Crippen LogP contribution >= 0.6 is 0 Å². The summed E-state index contributed by atoms with van der Waals surface area (Å²) in [4.78, 5) is 23.1. The summed E-state index contributed by atoms with van der Waals surface area (Å²) in [6.07, 6.45) is 1.94. The van der Waals surface area contributed by atoms with E-state index in [9.17, 15) is 18.0 Å². The zero-order valence-electron chi connectivity index (χ0n) is 8.82. The standard InChI is InChI=1S/C8H12N2O5S/c1-9(2)16(14,15)8(5-11)10-6(12)3-4-7(10)13/h3-4,8,11H,5H2,1-2H3. The molecule has 0 aliphatic carbocycles. The van der Waals surface area contributed by atoms with Gasteiger partial charge in [0.1, 0.15) is 0 Å². The Bertz CT molecular complexity index is 421. The second kappa shape index (κ2) is 4.32. The van der Waals surface area contributed by atoms with E-state index in [2.05, 4.69) is 0 Å². The molecule has 1 unspecified atom stereocenters. The van der Waals surface area contributed by atoms with Gasteiger partial charge in [-0.3, -0.25) is 14.5 Å². The zero-order chi connectivity index (χ0) is 12.5. The van der Waals surface area contributed by atoms with Gasteiger partial charge in [-0.25, -0.2) is 12.7 Å². The normalized spacial score (nSPS) is 18.6. The van der Waals surface area contributed by atoms with Crippen molar-refractivity contribution in [3.8, 4) is 0 Å². The lowest BCUT2D eigenvalue weighted by atomic mass is 10.5. The Morgan fingerprint density at radius 2 is 1.75 bits per heavy atom. The topological polar surface area (TPSA) is 95.0 Å². The molecule has 0 fully saturated rings. The van der Waals surface area contributed by atoms with Crippen LogP contribution in [0.15, 0.2) is 12.2 Å².